The largest absolute Gasteiger partial charge is 0.350 e. The molecule has 0 saturated carbocycles. The van der Waals surface area contributed by atoms with E-state index in [4.69, 9.17) is 0 Å². The number of anilines is 3. The first-order chi connectivity index (χ1) is 16.5. The standard InChI is InChI=1S/C25H23F2N7/c1-17-3-2-4-20(13-17)16-30-34-25-32-23(28-14-18-5-9-21(26)10-6-18)31-24(33-25)29-15-19-7-11-22(27)12-8-19/h2-13,16H,14-15H2,1H3,(H3,28,29,31,32,33,34)/b30-16+. The van der Waals surface area contributed by atoms with Crippen molar-refractivity contribution in [3.63, 3.8) is 0 Å². The summed E-state index contributed by atoms with van der Waals surface area (Å²) in [5, 5.41) is 10.5. The van der Waals surface area contributed by atoms with Crippen molar-refractivity contribution in [3.8, 4) is 0 Å². The van der Waals surface area contributed by atoms with E-state index < -0.39 is 0 Å². The molecule has 0 bridgehead atoms. The van der Waals surface area contributed by atoms with Crippen molar-refractivity contribution in [1.29, 1.82) is 0 Å². The Balaban J connectivity index is 1.49. The van der Waals surface area contributed by atoms with Crippen LogP contribution in [0.5, 0.6) is 0 Å². The lowest BCUT2D eigenvalue weighted by Gasteiger charge is -2.10. The van der Waals surface area contributed by atoms with E-state index in [2.05, 4.69) is 36.1 Å². The molecule has 0 saturated heterocycles. The van der Waals surface area contributed by atoms with Crippen LogP contribution in [0.15, 0.2) is 77.9 Å². The van der Waals surface area contributed by atoms with Crippen LogP contribution in [0.4, 0.5) is 26.6 Å². The number of nitrogens with zero attached hydrogens (tertiary/aromatic N) is 4. The maximum Gasteiger partial charge on any atom is 0.250 e. The van der Waals surface area contributed by atoms with E-state index in [1.54, 1.807) is 30.5 Å². The Morgan fingerprint density at radius 2 is 1.26 bits per heavy atom. The summed E-state index contributed by atoms with van der Waals surface area (Å²) in [4.78, 5) is 13.1. The van der Waals surface area contributed by atoms with E-state index in [0.717, 1.165) is 22.3 Å². The zero-order chi connectivity index (χ0) is 23.8. The summed E-state index contributed by atoms with van der Waals surface area (Å²) in [6, 6.07) is 20.2. The first-order valence-electron chi connectivity index (χ1n) is 10.6. The van der Waals surface area contributed by atoms with Crippen LogP contribution >= 0.6 is 0 Å². The Hall–Kier alpha value is -4.40. The zero-order valence-electron chi connectivity index (χ0n) is 18.5. The predicted octanol–water partition coefficient (Wildman–Crippen LogP) is 5.13. The van der Waals surface area contributed by atoms with Crippen molar-refractivity contribution in [2.45, 2.75) is 20.0 Å². The fourth-order valence-electron chi connectivity index (χ4n) is 3.07. The monoisotopic (exact) mass is 459 g/mol. The summed E-state index contributed by atoms with van der Waals surface area (Å²) < 4.78 is 26.3. The van der Waals surface area contributed by atoms with Crippen molar-refractivity contribution < 1.29 is 8.78 Å². The van der Waals surface area contributed by atoms with Crippen LogP contribution in [0, 0.1) is 18.6 Å². The van der Waals surface area contributed by atoms with Crippen molar-refractivity contribution in [3.05, 3.63) is 107 Å². The number of aryl methyl sites for hydroxylation is 1. The molecular weight excluding hydrogens is 436 g/mol. The van der Waals surface area contributed by atoms with Gasteiger partial charge in [-0.3, -0.25) is 0 Å². The van der Waals surface area contributed by atoms with Crippen LogP contribution in [0.25, 0.3) is 0 Å². The van der Waals surface area contributed by atoms with Gasteiger partial charge in [-0.15, -0.1) is 0 Å². The van der Waals surface area contributed by atoms with E-state index in [1.807, 2.05) is 31.2 Å². The first kappa shape index (κ1) is 22.8. The maximum atomic E-state index is 13.2. The molecule has 3 aromatic carbocycles. The number of hydrogen-bond donors (Lipinski definition) is 3. The molecule has 3 N–H and O–H groups in total. The number of aromatic nitrogens is 3. The summed E-state index contributed by atoms with van der Waals surface area (Å²) in [7, 11) is 0. The molecule has 0 unspecified atom stereocenters. The van der Waals surface area contributed by atoms with Gasteiger partial charge in [0.2, 0.25) is 17.8 Å². The molecule has 0 aliphatic rings. The maximum absolute atomic E-state index is 13.2. The first-order valence-corrected chi connectivity index (χ1v) is 10.6. The molecule has 0 spiro atoms. The molecule has 172 valence electrons. The van der Waals surface area contributed by atoms with Crippen LogP contribution in [-0.4, -0.2) is 21.2 Å². The Labute approximate surface area is 196 Å². The van der Waals surface area contributed by atoms with E-state index in [9.17, 15) is 8.78 Å². The Bertz CT molecular complexity index is 1190. The van der Waals surface area contributed by atoms with Crippen molar-refractivity contribution in [2.75, 3.05) is 16.1 Å². The van der Waals surface area contributed by atoms with E-state index in [1.165, 1.54) is 24.3 Å². The van der Waals surface area contributed by atoms with E-state index in [-0.39, 0.29) is 17.6 Å². The smallest absolute Gasteiger partial charge is 0.250 e. The van der Waals surface area contributed by atoms with Crippen LogP contribution in [0.1, 0.15) is 22.3 Å². The SMILES string of the molecule is Cc1cccc(/C=N/Nc2nc(NCc3ccc(F)cc3)nc(NCc3ccc(F)cc3)n2)c1. The molecule has 0 fully saturated rings. The van der Waals surface area contributed by atoms with Crippen molar-refractivity contribution in [2.24, 2.45) is 5.10 Å². The third kappa shape index (κ3) is 6.80. The molecule has 4 rings (SSSR count). The third-order valence-electron chi connectivity index (χ3n) is 4.78. The predicted molar refractivity (Wildman–Crippen MR) is 130 cm³/mol. The van der Waals surface area contributed by atoms with Crippen molar-refractivity contribution >= 4 is 24.1 Å². The highest BCUT2D eigenvalue weighted by molar-refractivity contribution is 5.80. The number of rotatable bonds is 9. The Kier molecular flexibility index (Phi) is 7.34. The lowest BCUT2D eigenvalue weighted by Crippen LogP contribution is -2.11. The van der Waals surface area contributed by atoms with Gasteiger partial charge in [0.1, 0.15) is 11.6 Å². The lowest BCUT2D eigenvalue weighted by atomic mass is 10.2. The number of benzene rings is 3. The van der Waals surface area contributed by atoms with Crippen LogP contribution in [0.2, 0.25) is 0 Å². The number of nitrogens with one attached hydrogen (secondary N) is 3. The second-order valence-corrected chi connectivity index (χ2v) is 7.55. The minimum absolute atomic E-state index is 0.238. The highest BCUT2D eigenvalue weighted by atomic mass is 19.1. The van der Waals surface area contributed by atoms with Gasteiger partial charge in [-0.05, 0) is 47.9 Å². The summed E-state index contributed by atoms with van der Waals surface area (Å²) >= 11 is 0. The van der Waals surface area contributed by atoms with Gasteiger partial charge < -0.3 is 10.6 Å². The second-order valence-electron chi connectivity index (χ2n) is 7.55. The zero-order valence-corrected chi connectivity index (χ0v) is 18.5. The molecule has 9 heteroatoms. The summed E-state index contributed by atoms with van der Waals surface area (Å²) in [5.41, 5.74) is 6.64. The topological polar surface area (TPSA) is 87.1 Å². The molecule has 0 amide bonds. The van der Waals surface area contributed by atoms with Crippen LogP contribution in [0.3, 0.4) is 0 Å². The molecule has 34 heavy (non-hydrogen) atoms. The van der Waals surface area contributed by atoms with Crippen LogP contribution in [-0.2, 0) is 13.1 Å². The fourth-order valence-corrected chi connectivity index (χ4v) is 3.07. The number of hydrazone groups is 1. The molecule has 0 radical (unpaired) electrons. The molecule has 0 aliphatic heterocycles. The number of halogens is 2. The lowest BCUT2D eigenvalue weighted by molar-refractivity contribution is 0.626. The third-order valence-corrected chi connectivity index (χ3v) is 4.78. The molecule has 4 aromatic rings. The van der Waals surface area contributed by atoms with E-state index in [0.29, 0.717) is 25.0 Å². The molecular formula is C25H23F2N7. The van der Waals surface area contributed by atoms with Gasteiger partial charge in [0.25, 0.3) is 0 Å². The average Bonchev–Trinajstić information content (AvgIpc) is 2.83. The molecule has 1 heterocycles. The molecule has 0 atom stereocenters. The summed E-state index contributed by atoms with van der Waals surface area (Å²) in [6.45, 7) is 2.80. The quantitative estimate of drug-likeness (QED) is 0.238. The summed E-state index contributed by atoms with van der Waals surface area (Å²) in [5.74, 6) is 0.272. The normalized spacial score (nSPS) is 10.9. The fraction of sp³-hybridized carbons (Fsp3) is 0.120. The van der Waals surface area contributed by atoms with Gasteiger partial charge in [0.05, 0.1) is 6.21 Å². The highest BCUT2D eigenvalue weighted by Crippen LogP contribution is 2.13. The van der Waals surface area contributed by atoms with Gasteiger partial charge >= 0.3 is 0 Å². The molecule has 0 aliphatic carbocycles. The van der Waals surface area contributed by atoms with Gasteiger partial charge in [0, 0.05) is 13.1 Å². The van der Waals surface area contributed by atoms with Gasteiger partial charge in [-0.25, -0.2) is 14.2 Å². The molecule has 1 aromatic heterocycles. The van der Waals surface area contributed by atoms with Gasteiger partial charge in [-0.1, -0.05) is 54.1 Å². The number of hydrogen-bond acceptors (Lipinski definition) is 7. The Morgan fingerprint density at radius 3 is 1.79 bits per heavy atom. The Morgan fingerprint density at radius 1 is 0.735 bits per heavy atom. The minimum Gasteiger partial charge on any atom is -0.350 e. The second kappa shape index (κ2) is 11.0. The molecule has 7 nitrogen and oxygen atoms in total. The minimum atomic E-state index is -0.297. The average molecular weight is 460 g/mol. The van der Waals surface area contributed by atoms with E-state index >= 15 is 0 Å². The van der Waals surface area contributed by atoms with Gasteiger partial charge in [0.15, 0.2) is 0 Å². The van der Waals surface area contributed by atoms with Gasteiger partial charge in [-0.2, -0.15) is 20.1 Å². The van der Waals surface area contributed by atoms with Crippen LogP contribution < -0.4 is 16.1 Å². The highest BCUT2D eigenvalue weighted by Gasteiger charge is 2.07. The summed E-state index contributed by atoms with van der Waals surface area (Å²) in [6.07, 6.45) is 1.67. The van der Waals surface area contributed by atoms with Crippen molar-refractivity contribution in [1.82, 2.24) is 15.0 Å².